The Morgan fingerprint density at radius 2 is 1.60 bits per heavy atom. The molecule has 0 aliphatic heterocycles. The molecular formula is C15H30N2O3. The van der Waals surface area contributed by atoms with Crippen LogP contribution in [0.25, 0.3) is 0 Å². The maximum absolute atomic E-state index is 11.9. The third kappa shape index (κ3) is 8.91. The molecule has 1 atom stereocenters. The molecule has 0 rings (SSSR count). The van der Waals surface area contributed by atoms with Crippen LogP contribution in [0.15, 0.2) is 0 Å². The molecule has 0 heterocycles. The average Bonchev–Trinajstić information content (AvgIpc) is 2.42. The second-order valence-corrected chi connectivity index (χ2v) is 5.72. The van der Waals surface area contributed by atoms with Crippen molar-refractivity contribution in [2.45, 2.75) is 65.7 Å². The lowest BCUT2D eigenvalue weighted by Gasteiger charge is -2.16. The number of amides is 2. The highest BCUT2D eigenvalue weighted by Crippen LogP contribution is 2.12. The van der Waals surface area contributed by atoms with Gasteiger partial charge in [-0.3, -0.25) is 14.8 Å². The fourth-order valence-corrected chi connectivity index (χ4v) is 2.12. The SMILES string of the molecule is CCCCCCCCNC(=O)[C@H](CC(C)C)C(=O)NO. The summed E-state index contributed by atoms with van der Waals surface area (Å²) in [5.74, 6) is -1.50. The second-order valence-electron chi connectivity index (χ2n) is 5.72. The fourth-order valence-electron chi connectivity index (χ4n) is 2.12. The largest absolute Gasteiger partial charge is 0.355 e. The monoisotopic (exact) mass is 286 g/mol. The van der Waals surface area contributed by atoms with Crippen LogP contribution in [0.4, 0.5) is 0 Å². The predicted octanol–water partition coefficient (Wildman–Crippen LogP) is 2.63. The van der Waals surface area contributed by atoms with E-state index in [0.717, 1.165) is 12.8 Å². The molecule has 118 valence electrons. The Morgan fingerprint density at radius 3 is 2.15 bits per heavy atom. The normalized spacial score (nSPS) is 12.2. The molecular weight excluding hydrogens is 256 g/mol. The van der Waals surface area contributed by atoms with Crippen LogP contribution in [-0.4, -0.2) is 23.6 Å². The zero-order valence-corrected chi connectivity index (χ0v) is 13.1. The summed E-state index contributed by atoms with van der Waals surface area (Å²) in [6, 6.07) is 0. The minimum atomic E-state index is -0.805. The summed E-state index contributed by atoms with van der Waals surface area (Å²) in [5.41, 5.74) is 1.58. The first-order valence-electron chi connectivity index (χ1n) is 7.74. The van der Waals surface area contributed by atoms with Crippen LogP contribution in [0.1, 0.15) is 65.7 Å². The summed E-state index contributed by atoms with van der Waals surface area (Å²) < 4.78 is 0. The number of carbonyl (C=O) groups is 2. The topological polar surface area (TPSA) is 78.4 Å². The van der Waals surface area contributed by atoms with Crippen molar-refractivity contribution in [1.82, 2.24) is 10.8 Å². The molecule has 2 amide bonds. The second kappa shape index (κ2) is 11.7. The summed E-state index contributed by atoms with van der Waals surface area (Å²) in [5, 5.41) is 11.5. The fraction of sp³-hybridized carbons (Fsp3) is 0.867. The van der Waals surface area contributed by atoms with Crippen LogP contribution in [0, 0.1) is 11.8 Å². The van der Waals surface area contributed by atoms with Crippen LogP contribution in [-0.2, 0) is 9.59 Å². The average molecular weight is 286 g/mol. The Balaban J connectivity index is 3.92. The Labute approximate surface area is 122 Å². The Morgan fingerprint density at radius 1 is 1.00 bits per heavy atom. The van der Waals surface area contributed by atoms with Crippen LogP contribution in [0.2, 0.25) is 0 Å². The predicted molar refractivity (Wildman–Crippen MR) is 79.3 cm³/mol. The Kier molecular flexibility index (Phi) is 11.1. The number of unbranched alkanes of at least 4 members (excludes halogenated alkanes) is 5. The lowest BCUT2D eigenvalue weighted by molar-refractivity contribution is -0.141. The van der Waals surface area contributed by atoms with Crippen LogP contribution >= 0.6 is 0 Å². The third-order valence-corrected chi connectivity index (χ3v) is 3.28. The lowest BCUT2D eigenvalue weighted by Crippen LogP contribution is -2.41. The third-order valence-electron chi connectivity index (χ3n) is 3.28. The van der Waals surface area contributed by atoms with Crippen molar-refractivity contribution in [2.24, 2.45) is 11.8 Å². The van der Waals surface area contributed by atoms with Crippen molar-refractivity contribution < 1.29 is 14.8 Å². The van der Waals surface area contributed by atoms with Crippen molar-refractivity contribution in [1.29, 1.82) is 0 Å². The van der Waals surface area contributed by atoms with E-state index in [0.29, 0.717) is 13.0 Å². The summed E-state index contributed by atoms with van der Waals surface area (Å²) in [7, 11) is 0. The highest BCUT2D eigenvalue weighted by Gasteiger charge is 2.26. The van der Waals surface area contributed by atoms with Crippen molar-refractivity contribution >= 4 is 11.8 Å². The van der Waals surface area contributed by atoms with E-state index in [1.165, 1.54) is 25.7 Å². The highest BCUT2D eigenvalue weighted by atomic mass is 16.5. The highest BCUT2D eigenvalue weighted by molar-refractivity contribution is 5.99. The Bertz CT molecular complexity index is 280. The molecule has 3 N–H and O–H groups in total. The van der Waals surface area contributed by atoms with Crippen molar-refractivity contribution in [2.75, 3.05) is 6.54 Å². The van der Waals surface area contributed by atoms with Gasteiger partial charge in [-0.25, -0.2) is 5.48 Å². The number of hydroxylamine groups is 1. The van der Waals surface area contributed by atoms with E-state index in [9.17, 15) is 9.59 Å². The van der Waals surface area contributed by atoms with Gasteiger partial charge in [0.25, 0.3) is 5.91 Å². The van der Waals surface area contributed by atoms with Gasteiger partial charge >= 0.3 is 0 Å². The van der Waals surface area contributed by atoms with Crippen LogP contribution in [0.3, 0.4) is 0 Å². The first-order valence-corrected chi connectivity index (χ1v) is 7.74. The van der Waals surface area contributed by atoms with Crippen molar-refractivity contribution in [3.8, 4) is 0 Å². The van der Waals surface area contributed by atoms with Gasteiger partial charge in [-0.15, -0.1) is 0 Å². The van der Waals surface area contributed by atoms with Crippen LogP contribution in [0.5, 0.6) is 0 Å². The van der Waals surface area contributed by atoms with E-state index >= 15 is 0 Å². The molecule has 0 unspecified atom stereocenters. The quantitative estimate of drug-likeness (QED) is 0.236. The molecule has 5 nitrogen and oxygen atoms in total. The lowest BCUT2D eigenvalue weighted by atomic mass is 9.95. The maximum atomic E-state index is 11.9. The van der Waals surface area contributed by atoms with Crippen molar-refractivity contribution in [3.63, 3.8) is 0 Å². The first-order chi connectivity index (χ1) is 9.52. The molecule has 0 saturated heterocycles. The molecule has 0 aliphatic rings. The molecule has 20 heavy (non-hydrogen) atoms. The molecule has 0 saturated carbocycles. The maximum Gasteiger partial charge on any atom is 0.255 e. The van der Waals surface area contributed by atoms with E-state index in [1.54, 1.807) is 5.48 Å². The van der Waals surface area contributed by atoms with Gasteiger partial charge in [0.1, 0.15) is 5.92 Å². The summed E-state index contributed by atoms with van der Waals surface area (Å²) in [4.78, 5) is 23.4. The summed E-state index contributed by atoms with van der Waals surface area (Å²) in [6.07, 6.45) is 7.40. The molecule has 0 aromatic heterocycles. The smallest absolute Gasteiger partial charge is 0.255 e. The van der Waals surface area contributed by atoms with E-state index in [4.69, 9.17) is 5.21 Å². The molecule has 0 radical (unpaired) electrons. The van der Waals surface area contributed by atoms with Gasteiger partial charge in [0.05, 0.1) is 0 Å². The van der Waals surface area contributed by atoms with Gasteiger partial charge in [-0.2, -0.15) is 0 Å². The molecule has 5 heteroatoms. The summed E-state index contributed by atoms with van der Waals surface area (Å²) >= 11 is 0. The minimum Gasteiger partial charge on any atom is -0.355 e. The van der Waals surface area contributed by atoms with Gasteiger partial charge in [0.2, 0.25) is 5.91 Å². The van der Waals surface area contributed by atoms with Crippen molar-refractivity contribution in [3.05, 3.63) is 0 Å². The molecule has 0 aromatic rings. The van der Waals surface area contributed by atoms with Gasteiger partial charge < -0.3 is 5.32 Å². The van der Waals surface area contributed by atoms with Gasteiger partial charge in [-0.05, 0) is 18.8 Å². The van der Waals surface area contributed by atoms with E-state index < -0.39 is 11.8 Å². The zero-order chi connectivity index (χ0) is 15.4. The molecule has 0 spiro atoms. The first kappa shape index (κ1) is 18.9. The number of nitrogens with one attached hydrogen (secondary N) is 2. The van der Waals surface area contributed by atoms with E-state index in [1.807, 2.05) is 13.8 Å². The number of carbonyl (C=O) groups excluding carboxylic acids is 2. The number of hydrogen-bond donors (Lipinski definition) is 3. The molecule has 0 aromatic carbocycles. The van der Waals surface area contributed by atoms with E-state index in [2.05, 4.69) is 12.2 Å². The standard InChI is InChI=1S/C15H30N2O3/c1-4-5-6-7-8-9-10-16-14(18)13(11-12(2)3)15(19)17-20/h12-13,20H,4-11H2,1-3H3,(H,16,18)(H,17,19)/t13-/m0/s1. The number of hydrogen-bond acceptors (Lipinski definition) is 3. The van der Waals surface area contributed by atoms with E-state index in [-0.39, 0.29) is 11.8 Å². The molecule has 0 aliphatic carbocycles. The van der Waals surface area contributed by atoms with Crippen LogP contribution < -0.4 is 10.8 Å². The zero-order valence-electron chi connectivity index (χ0n) is 13.1. The van der Waals surface area contributed by atoms with Gasteiger partial charge in [-0.1, -0.05) is 52.9 Å². The van der Waals surface area contributed by atoms with Gasteiger partial charge in [0.15, 0.2) is 0 Å². The minimum absolute atomic E-state index is 0.220. The molecule has 0 bridgehead atoms. The Hall–Kier alpha value is -1.10. The van der Waals surface area contributed by atoms with Gasteiger partial charge in [0, 0.05) is 6.54 Å². The number of rotatable bonds is 11. The molecule has 0 fully saturated rings. The summed E-state index contributed by atoms with van der Waals surface area (Å²) in [6.45, 7) is 6.66.